The fourth-order valence-electron chi connectivity index (χ4n) is 5.54. The molecule has 5 rings (SSSR count). The maximum absolute atomic E-state index is 13.1. The van der Waals surface area contributed by atoms with Crippen molar-refractivity contribution in [3.63, 3.8) is 0 Å². The molecule has 0 radical (unpaired) electrons. The lowest BCUT2D eigenvalue weighted by molar-refractivity contribution is 0.160. The zero-order valence-electron chi connectivity index (χ0n) is 22.0. The summed E-state index contributed by atoms with van der Waals surface area (Å²) in [5, 5.41) is 13.9. The van der Waals surface area contributed by atoms with Crippen LogP contribution in [0.15, 0.2) is 79.1 Å². The molecule has 38 heavy (non-hydrogen) atoms. The predicted molar refractivity (Wildman–Crippen MR) is 152 cm³/mol. The van der Waals surface area contributed by atoms with Crippen LogP contribution in [0.3, 0.4) is 0 Å². The lowest BCUT2D eigenvalue weighted by Gasteiger charge is -2.38. The van der Waals surface area contributed by atoms with Crippen molar-refractivity contribution in [1.82, 2.24) is 14.6 Å². The molecule has 7 nitrogen and oxygen atoms in total. The Balaban J connectivity index is 1.14. The molecule has 200 valence electrons. The van der Waals surface area contributed by atoms with Crippen molar-refractivity contribution >= 4 is 22.0 Å². The van der Waals surface area contributed by atoms with Crippen LogP contribution in [0.1, 0.15) is 55.0 Å². The summed E-state index contributed by atoms with van der Waals surface area (Å²) in [6, 6.07) is 19.6. The van der Waals surface area contributed by atoms with E-state index in [0.717, 1.165) is 30.4 Å². The first-order chi connectivity index (χ1) is 18.2. The zero-order chi connectivity index (χ0) is 26.8. The Hall–Kier alpha value is -3.04. The molecule has 2 aliphatic rings. The number of fused-ring (bicyclic) bond motifs is 2. The first kappa shape index (κ1) is 26.6. The number of aliphatic hydroxyl groups excluding tert-OH is 1. The number of rotatable bonds is 9. The smallest absolute Gasteiger partial charge is 0.301 e. The first-order valence-corrected chi connectivity index (χ1v) is 14.6. The normalized spacial score (nSPS) is 17.9. The molecule has 1 saturated heterocycles. The standard InChI is InChI=1S/C30H36N4O3S/c1-29(2,32-22-28(35)25-7-5-17-31-21-25)20-23-9-11-26(12-10-23)33-38(36,37)34-18-15-30(16-19-34)14-13-24-6-3-4-8-27(24)30/h3-14,17,21,28,32-33,35H,15-16,18-20,22H2,1-2H3/t28-/m0/s1. The number of nitrogens with zero attached hydrogens (tertiary/aromatic N) is 2. The minimum Gasteiger partial charge on any atom is -0.387 e. The summed E-state index contributed by atoms with van der Waals surface area (Å²) in [5.74, 6) is 0. The maximum Gasteiger partial charge on any atom is 0.301 e. The van der Waals surface area contributed by atoms with Crippen molar-refractivity contribution in [1.29, 1.82) is 0 Å². The SMILES string of the molecule is CC(C)(Cc1ccc(NS(=O)(=O)N2CCC3(C=Cc4ccccc43)CC2)cc1)NC[C@H](O)c1cccnc1. The Morgan fingerprint density at radius 3 is 2.50 bits per heavy atom. The number of hydrogen-bond acceptors (Lipinski definition) is 5. The minimum atomic E-state index is -3.64. The van der Waals surface area contributed by atoms with Crippen molar-refractivity contribution < 1.29 is 13.5 Å². The molecule has 2 aromatic carbocycles. The molecule has 1 aliphatic carbocycles. The molecule has 1 aliphatic heterocycles. The fourth-order valence-corrected chi connectivity index (χ4v) is 6.76. The molecule has 3 aromatic rings. The van der Waals surface area contributed by atoms with Gasteiger partial charge in [0.1, 0.15) is 0 Å². The van der Waals surface area contributed by atoms with Gasteiger partial charge in [0.25, 0.3) is 0 Å². The number of allylic oxidation sites excluding steroid dienone is 1. The van der Waals surface area contributed by atoms with Gasteiger partial charge in [-0.2, -0.15) is 12.7 Å². The summed E-state index contributed by atoms with van der Waals surface area (Å²) >= 11 is 0. The topological polar surface area (TPSA) is 94.6 Å². The highest BCUT2D eigenvalue weighted by atomic mass is 32.2. The van der Waals surface area contributed by atoms with E-state index in [1.54, 1.807) is 16.7 Å². The van der Waals surface area contributed by atoms with Gasteiger partial charge >= 0.3 is 10.2 Å². The van der Waals surface area contributed by atoms with Gasteiger partial charge in [-0.25, -0.2) is 0 Å². The van der Waals surface area contributed by atoms with E-state index in [-0.39, 0.29) is 11.0 Å². The van der Waals surface area contributed by atoms with E-state index in [4.69, 9.17) is 0 Å². The Bertz CT molecular complexity index is 1380. The number of anilines is 1. The Kier molecular flexibility index (Phi) is 7.42. The summed E-state index contributed by atoms with van der Waals surface area (Å²) in [4.78, 5) is 4.06. The monoisotopic (exact) mass is 532 g/mol. The Labute approximate surface area is 225 Å². The highest BCUT2D eigenvalue weighted by Gasteiger charge is 2.40. The van der Waals surface area contributed by atoms with Gasteiger partial charge < -0.3 is 10.4 Å². The van der Waals surface area contributed by atoms with E-state index in [2.05, 4.69) is 59.2 Å². The highest BCUT2D eigenvalue weighted by molar-refractivity contribution is 7.90. The zero-order valence-corrected chi connectivity index (χ0v) is 22.8. The second-order valence-electron chi connectivity index (χ2n) is 11.0. The largest absolute Gasteiger partial charge is 0.387 e. The van der Waals surface area contributed by atoms with Gasteiger partial charge in [-0.1, -0.05) is 54.6 Å². The lowest BCUT2D eigenvalue weighted by atomic mass is 9.75. The molecular weight excluding hydrogens is 496 g/mol. The summed E-state index contributed by atoms with van der Waals surface area (Å²) in [6.45, 7) is 5.55. The van der Waals surface area contributed by atoms with Gasteiger partial charge in [-0.15, -0.1) is 0 Å². The number of nitrogens with one attached hydrogen (secondary N) is 2. The average Bonchev–Trinajstić information content (AvgIpc) is 3.27. The second kappa shape index (κ2) is 10.6. The van der Waals surface area contributed by atoms with Crippen molar-refractivity contribution in [2.75, 3.05) is 24.4 Å². The third-order valence-corrected chi connectivity index (χ3v) is 9.26. The van der Waals surface area contributed by atoms with E-state index < -0.39 is 16.3 Å². The van der Waals surface area contributed by atoms with Crippen LogP contribution in [0.2, 0.25) is 0 Å². The molecule has 0 unspecified atom stereocenters. The predicted octanol–water partition coefficient (Wildman–Crippen LogP) is 4.44. The molecule has 1 aromatic heterocycles. The van der Waals surface area contributed by atoms with Crippen molar-refractivity contribution in [3.05, 3.63) is 101 Å². The van der Waals surface area contributed by atoms with Crippen molar-refractivity contribution in [3.8, 4) is 0 Å². The van der Waals surface area contributed by atoms with E-state index in [9.17, 15) is 13.5 Å². The summed E-state index contributed by atoms with van der Waals surface area (Å²) in [5.41, 5.74) is 4.64. The van der Waals surface area contributed by atoms with Crippen LogP contribution in [0, 0.1) is 0 Å². The maximum atomic E-state index is 13.1. The molecule has 1 fully saturated rings. The number of pyridine rings is 1. The highest BCUT2D eigenvalue weighted by Crippen LogP contribution is 2.44. The van der Waals surface area contributed by atoms with E-state index in [1.165, 1.54) is 11.1 Å². The molecule has 8 heteroatoms. The van der Waals surface area contributed by atoms with Crippen molar-refractivity contribution in [2.45, 2.75) is 50.2 Å². The molecule has 0 saturated carbocycles. The van der Waals surface area contributed by atoms with Gasteiger partial charge in [-0.05, 0) is 68.0 Å². The van der Waals surface area contributed by atoms with Crippen LogP contribution >= 0.6 is 0 Å². The molecule has 1 spiro atoms. The fraction of sp³-hybridized carbons (Fsp3) is 0.367. The Morgan fingerprint density at radius 2 is 1.79 bits per heavy atom. The summed E-state index contributed by atoms with van der Waals surface area (Å²) in [7, 11) is -3.64. The number of hydrogen-bond donors (Lipinski definition) is 3. The number of piperidine rings is 1. The van der Waals surface area contributed by atoms with Gasteiger partial charge in [0.15, 0.2) is 0 Å². The van der Waals surface area contributed by atoms with Gasteiger partial charge in [0.05, 0.1) is 6.10 Å². The average molecular weight is 533 g/mol. The molecular formula is C30H36N4O3S. The minimum absolute atomic E-state index is 0.0564. The van der Waals surface area contributed by atoms with Crippen LogP contribution in [0.25, 0.3) is 6.08 Å². The third kappa shape index (κ3) is 5.83. The summed E-state index contributed by atoms with van der Waals surface area (Å²) in [6.07, 6.45) is 9.42. The first-order valence-electron chi connectivity index (χ1n) is 13.1. The van der Waals surface area contributed by atoms with Crippen LogP contribution in [-0.2, 0) is 22.0 Å². The number of benzene rings is 2. The van der Waals surface area contributed by atoms with Gasteiger partial charge in [0, 0.05) is 54.2 Å². The van der Waals surface area contributed by atoms with E-state index >= 15 is 0 Å². The second-order valence-corrected chi connectivity index (χ2v) is 12.7. The van der Waals surface area contributed by atoms with E-state index in [1.807, 2.05) is 42.5 Å². The van der Waals surface area contributed by atoms with E-state index in [0.29, 0.717) is 25.3 Å². The molecule has 1 atom stereocenters. The van der Waals surface area contributed by atoms with Gasteiger partial charge in [0.2, 0.25) is 0 Å². The molecule has 2 heterocycles. The number of β-amino-alcohol motifs (C(OH)–C–C–N with tert-alkyl or cyclic N) is 1. The Morgan fingerprint density at radius 1 is 1.05 bits per heavy atom. The number of aromatic nitrogens is 1. The molecule has 3 N–H and O–H groups in total. The van der Waals surface area contributed by atoms with Crippen LogP contribution in [0.5, 0.6) is 0 Å². The lowest BCUT2D eigenvalue weighted by Crippen LogP contribution is -2.46. The van der Waals surface area contributed by atoms with Crippen LogP contribution in [0.4, 0.5) is 5.69 Å². The van der Waals surface area contributed by atoms with Crippen molar-refractivity contribution in [2.24, 2.45) is 0 Å². The molecule has 0 bridgehead atoms. The third-order valence-electron chi connectivity index (χ3n) is 7.72. The quantitative estimate of drug-likeness (QED) is 0.379. The molecule has 0 amide bonds. The van der Waals surface area contributed by atoms with Crippen LogP contribution < -0.4 is 10.0 Å². The van der Waals surface area contributed by atoms with Gasteiger partial charge in [-0.3, -0.25) is 9.71 Å². The summed E-state index contributed by atoms with van der Waals surface area (Å²) < 4.78 is 30.6. The van der Waals surface area contributed by atoms with Crippen LogP contribution in [-0.4, -0.2) is 48.0 Å². The number of aliphatic hydroxyl groups is 1.